The van der Waals surface area contributed by atoms with Crippen molar-refractivity contribution >= 4 is 66.8 Å². The molecule has 0 spiro atoms. The molecule has 10 heavy (non-hydrogen) atoms. The lowest BCUT2D eigenvalue weighted by Gasteiger charge is -2.00. The first-order valence-electron chi connectivity index (χ1n) is 2.51. The third-order valence-corrected chi connectivity index (χ3v) is 3.29. The first-order chi connectivity index (χ1) is 4.61. The Hall–Kier alpha value is 0.960. The summed E-state index contributed by atoms with van der Waals surface area (Å²) in [6.07, 6.45) is 0. The quantitative estimate of drug-likeness (QED) is 0.503. The van der Waals surface area contributed by atoms with Crippen LogP contribution in [0.25, 0.3) is 0 Å². The van der Waals surface area contributed by atoms with Crippen LogP contribution in [0, 0.1) is 7.14 Å². The van der Waals surface area contributed by atoms with Crippen LogP contribution in [0.3, 0.4) is 0 Å². The van der Waals surface area contributed by atoms with E-state index in [1.54, 1.807) is 0 Å². The van der Waals surface area contributed by atoms with Gasteiger partial charge in [-0.05, 0) is 57.3 Å². The third-order valence-electron chi connectivity index (χ3n) is 1.04. The number of halogens is 3. The largest absolute Gasteiger partial charge is 0.397 e. The lowest BCUT2D eigenvalue weighted by molar-refractivity contribution is 1.54. The van der Waals surface area contributed by atoms with E-state index in [0.717, 1.165) is 17.3 Å². The number of hydrogen-bond acceptors (Lipinski definition) is 1. The summed E-state index contributed by atoms with van der Waals surface area (Å²) in [5.74, 6) is 0. The number of benzene rings is 1. The fraction of sp³-hybridized carbons (Fsp3) is 0. The SMILES string of the molecule is Nc1c(I)cc(Br)cc1I. The molecule has 0 aromatic heterocycles. The van der Waals surface area contributed by atoms with Crippen LogP contribution >= 0.6 is 61.1 Å². The lowest BCUT2D eigenvalue weighted by atomic mass is 10.3. The molecule has 0 amide bonds. The lowest BCUT2D eigenvalue weighted by Crippen LogP contribution is -1.92. The maximum atomic E-state index is 5.71. The Balaban J connectivity index is 3.31. The van der Waals surface area contributed by atoms with Crippen molar-refractivity contribution in [2.45, 2.75) is 0 Å². The van der Waals surface area contributed by atoms with Gasteiger partial charge >= 0.3 is 0 Å². The van der Waals surface area contributed by atoms with Crippen LogP contribution in [-0.2, 0) is 0 Å². The van der Waals surface area contributed by atoms with Gasteiger partial charge in [0.25, 0.3) is 0 Å². The highest BCUT2D eigenvalue weighted by Crippen LogP contribution is 2.25. The first kappa shape index (κ1) is 9.05. The Labute approximate surface area is 95.2 Å². The van der Waals surface area contributed by atoms with Gasteiger partial charge in [-0.3, -0.25) is 0 Å². The third kappa shape index (κ3) is 1.97. The molecule has 1 nitrogen and oxygen atoms in total. The molecule has 0 saturated heterocycles. The van der Waals surface area contributed by atoms with E-state index >= 15 is 0 Å². The van der Waals surface area contributed by atoms with Crippen molar-refractivity contribution in [1.82, 2.24) is 0 Å². The van der Waals surface area contributed by atoms with Crippen molar-refractivity contribution in [3.8, 4) is 0 Å². The summed E-state index contributed by atoms with van der Waals surface area (Å²) in [5, 5.41) is 0. The standard InChI is InChI=1S/C6H4BrI2N/c7-3-1-4(8)6(10)5(9)2-3/h1-2H,10H2. The van der Waals surface area contributed by atoms with Crippen LogP contribution in [0.2, 0.25) is 0 Å². The zero-order chi connectivity index (χ0) is 7.72. The highest BCUT2D eigenvalue weighted by atomic mass is 127. The monoisotopic (exact) mass is 423 g/mol. The molecule has 0 atom stereocenters. The van der Waals surface area contributed by atoms with E-state index in [9.17, 15) is 0 Å². The van der Waals surface area contributed by atoms with Crippen molar-refractivity contribution < 1.29 is 0 Å². The van der Waals surface area contributed by atoms with Gasteiger partial charge in [-0.15, -0.1) is 0 Å². The van der Waals surface area contributed by atoms with Crippen molar-refractivity contribution in [1.29, 1.82) is 0 Å². The van der Waals surface area contributed by atoms with Gasteiger partial charge in [0.15, 0.2) is 0 Å². The average Bonchev–Trinajstić information content (AvgIpc) is 1.82. The summed E-state index contributed by atoms with van der Waals surface area (Å²) < 4.78 is 3.27. The van der Waals surface area contributed by atoms with Gasteiger partial charge in [-0.25, -0.2) is 0 Å². The fourth-order valence-electron chi connectivity index (χ4n) is 0.553. The molecule has 0 saturated carbocycles. The predicted octanol–water partition coefficient (Wildman–Crippen LogP) is 3.24. The number of nitrogen functional groups attached to an aromatic ring is 1. The van der Waals surface area contributed by atoms with E-state index in [2.05, 4.69) is 61.1 Å². The van der Waals surface area contributed by atoms with E-state index in [4.69, 9.17) is 5.73 Å². The van der Waals surface area contributed by atoms with Crippen molar-refractivity contribution in [2.75, 3.05) is 5.73 Å². The molecule has 0 aliphatic carbocycles. The maximum Gasteiger partial charge on any atom is 0.0586 e. The second kappa shape index (κ2) is 3.57. The Morgan fingerprint density at radius 3 is 2.00 bits per heavy atom. The van der Waals surface area contributed by atoms with Crippen LogP contribution in [0.4, 0.5) is 5.69 Å². The molecule has 0 heterocycles. The Morgan fingerprint density at radius 2 is 1.60 bits per heavy atom. The maximum absolute atomic E-state index is 5.71. The van der Waals surface area contributed by atoms with Crippen LogP contribution in [-0.4, -0.2) is 0 Å². The molecule has 0 fully saturated rings. The van der Waals surface area contributed by atoms with Gasteiger partial charge in [-0.2, -0.15) is 0 Å². The minimum absolute atomic E-state index is 0.865. The topological polar surface area (TPSA) is 26.0 Å². The number of hydrogen-bond donors (Lipinski definition) is 1. The molecule has 0 unspecified atom stereocenters. The van der Waals surface area contributed by atoms with Gasteiger partial charge in [-0.1, -0.05) is 15.9 Å². The summed E-state index contributed by atoms with van der Waals surface area (Å²) in [7, 11) is 0. The molecule has 0 radical (unpaired) electrons. The van der Waals surface area contributed by atoms with Gasteiger partial charge in [0, 0.05) is 11.6 Å². The van der Waals surface area contributed by atoms with Crippen LogP contribution in [0.1, 0.15) is 0 Å². The molecule has 4 heteroatoms. The zero-order valence-electron chi connectivity index (χ0n) is 4.87. The van der Waals surface area contributed by atoms with Crippen molar-refractivity contribution in [3.05, 3.63) is 23.7 Å². The second-order valence-electron chi connectivity index (χ2n) is 1.78. The number of nitrogens with two attached hydrogens (primary N) is 1. The summed E-state index contributed by atoms with van der Waals surface area (Å²) in [5.41, 5.74) is 6.58. The Morgan fingerprint density at radius 1 is 1.20 bits per heavy atom. The first-order valence-corrected chi connectivity index (χ1v) is 5.46. The van der Waals surface area contributed by atoms with Crippen molar-refractivity contribution in [3.63, 3.8) is 0 Å². The summed E-state index contributed by atoms with van der Waals surface area (Å²) in [6, 6.07) is 4.00. The van der Waals surface area contributed by atoms with Gasteiger partial charge in [0.1, 0.15) is 0 Å². The van der Waals surface area contributed by atoms with Crippen molar-refractivity contribution in [2.24, 2.45) is 0 Å². The van der Waals surface area contributed by atoms with Gasteiger partial charge in [0.05, 0.1) is 5.69 Å². The smallest absolute Gasteiger partial charge is 0.0586 e. The van der Waals surface area contributed by atoms with Crippen LogP contribution in [0.5, 0.6) is 0 Å². The van der Waals surface area contributed by atoms with Gasteiger partial charge < -0.3 is 5.73 Å². The van der Waals surface area contributed by atoms with Gasteiger partial charge in [0.2, 0.25) is 0 Å². The molecule has 1 aromatic carbocycles. The highest BCUT2D eigenvalue weighted by molar-refractivity contribution is 14.1. The molecule has 54 valence electrons. The minimum atomic E-state index is 0.865. The fourth-order valence-corrected chi connectivity index (χ4v) is 3.64. The molecule has 0 aliphatic heterocycles. The zero-order valence-corrected chi connectivity index (χ0v) is 10.8. The Bertz CT molecular complexity index is 239. The number of anilines is 1. The molecule has 1 rings (SSSR count). The van der Waals surface area contributed by atoms with E-state index in [-0.39, 0.29) is 0 Å². The molecule has 0 aliphatic rings. The molecule has 0 bridgehead atoms. The second-order valence-corrected chi connectivity index (χ2v) is 5.02. The summed E-state index contributed by atoms with van der Waals surface area (Å²) >= 11 is 7.81. The highest BCUT2D eigenvalue weighted by Gasteiger charge is 2.00. The molecular formula is C6H4BrI2N. The number of rotatable bonds is 0. The predicted molar refractivity (Wildman–Crippen MR) is 64.0 cm³/mol. The molecular weight excluding hydrogens is 420 g/mol. The minimum Gasteiger partial charge on any atom is -0.397 e. The van der Waals surface area contributed by atoms with E-state index in [1.807, 2.05) is 12.1 Å². The normalized spacial score (nSPS) is 9.90. The van der Waals surface area contributed by atoms with E-state index in [0.29, 0.717) is 0 Å². The van der Waals surface area contributed by atoms with Crippen LogP contribution in [0.15, 0.2) is 16.6 Å². The molecule has 2 N–H and O–H groups in total. The molecule has 1 aromatic rings. The van der Waals surface area contributed by atoms with E-state index < -0.39 is 0 Å². The van der Waals surface area contributed by atoms with Crippen LogP contribution < -0.4 is 5.73 Å². The average molecular weight is 424 g/mol. The summed E-state index contributed by atoms with van der Waals surface area (Å²) in [4.78, 5) is 0. The Kier molecular flexibility index (Phi) is 3.23. The van der Waals surface area contributed by atoms with E-state index in [1.165, 1.54) is 0 Å². The summed E-state index contributed by atoms with van der Waals surface area (Å²) in [6.45, 7) is 0.